The average molecular weight is 285 g/mol. The number of amides is 2. The number of oxime groups is 1. The first kappa shape index (κ1) is 15.9. The third-order valence-electron chi connectivity index (χ3n) is 2.46. The Balaban J connectivity index is 2.48. The van der Waals surface area contributed by atoms with Gasteiger partial charge in [-0.1, -0.05) is 5.16 Å². The third kappa shape index (κ3) is 4.52. The predicted octanol–water partition coefficient (Wildman–Crippen LogP) is -0.365. The van der Waals surface area contributed by atoms with Gasteiger partial charge in [-0.05, 0) is 27.7 Å². The number of rotatable bonds is 4. The first-order chi connectivity index (χ1) is 9.10. The quantitative estimate of drug-likeness (QED) is 0.652. The fourth-order valence-corrected chi connectivity index (χ4v) is 1.49. The molecule has 0 saturated heterocycles. The van der Waals surface area contributed by atoms with E-state index in [0.29, 0.717) is 0 Å². The first-order valence-corrected chi connectivity index (χ1v) is 6.18. The Kier molecular flexibility index (Phi) is 4.69. The van der Waals surface area contributed by atoms with Crippen LogP contribution in [0.4, 0.5) is 0 Å². The lowest BCUT2D eigenvalue weighted by Crippen LogP contribution is -2.52. The second-order valence-corrected chi connectivity index (χ2v) is 5.61. The molecule has 0 aliphatic carbocycles. The van der Waals surface area contributed by atoms with Gasteiger partial charge in [0.15, 0.2) is 5.71 Å². The van der Waals surface area contributed by atoms with Gasteiger partial charge >= 0.3 is 5.97 Å². The number of aliphatic carboxylic acids is 1. The summed E-state index contributed by atoms with van der Waals surface area (Å²) in [4.78, 5) is 39.0. The Morgan fingerprint density at radius 1 is 1.40 bits per heavy atom. The summed E-state index contributed by atoms with van der Waals surface area (Å²) in [6.07, 6.45) is -1.12. The van der Waals surface area contributed by atoms with Crippen LogP contribution < -0.4 is 10.6 Å². The van der Waals surface area contributed by atoms with Crippen molar-refractivity contribution >= 4 is 23.5 Å². The van der Waals surface area contributed by atoms with Crippen molar-refractivity contribution in [2.75, 3.05) is 0 Å². The topological polar surface area (TPSA) is 117 Å². The smallest absolute Gasteiger partial charge is 0.353 e. The molecule has 2 atom stereocenters. The van der Waals surface area contributed by atoms with Crippen LogP contribution in [0.15, 0.2) is 5.16 Å². The van der Waals surface area contributed by atoms with E-state index in [-0.39, 0.29) is 18.0 Å². The summed E-state index contributed by atoms with van der Waals surface area (Å²) >= 11 is 0. The lowest BCUT2D eigenvalue weighted by atomic mass is 10.1. The van der Waals surface area contributed by atoms with E-state index in [9.17, 15) is 14.4 Å². The average Bonchev–Trinajstić information content (AvgIpc) is 2.75. The standard InChI is InChI=1S/C12H19N3O5/c1-6(9(16)14-12(2,3)4)13-10(17)8-5-7(11(18)19)15-20-8/h6,8H,5H2,1-4H3,(H,13,17)(H,14,16)(H,18,19). The van der Waals surface area contributed by atoms with Crippen molar-refractivity contribution in [1.82, 2.24) is 10.6 Å². The number of hydrogen-bond acceptors (Lipinski definition) is 5. The zero-order valence-corrected chi connectivity index (χ0v) is 11.9. The molecule has 0 bridgehead atoms. The summed E-state index contributed by atoms with van der Waals surface area (Å²) in [7, 11) is 0. The summed E-state index contributed by atoms with van der Waals surface area (Å²) in [6.45, 7) is 7.01. The van der Waals surface area contributed by atoms with Gasteiger partial charge in [0.05, 0.1) is 0 Å². The molecular formula is C12H19N3O5. The van der Waals surface area contributed by atoms with Gasteiger partial charge in [0.1, 0.15) is 6.04 Å². The second kappa shape index (κ2) is 5.89. The van der Waals surface area contributed by atoms with Crippen molar-refractivity contribution in [2.24, 2.45) is 5.16 Å². The number of carboxylic acids is 1. The highest BCUT2D eigenvalue weighted by Gasteiger charge is 2.33. The van der Waals surface area contributed by atoms with Gasteiger partial charge in [-0.3, -0.25) is 9.59 Å². The molecule has 1 rings (SSSR count). The maximum Gasteiger partial charge on any atom is 0.353 e. The van der Waals surface area contributed by atoms with Crippen LogP contribution in [0.5, 0.6) is 0 Å². The summed E-state index contributed by atoms with van der Waals surface area (Å²) in [5.74, 6) is -2.12. The molecule has 8 heteroatoms. The van der Waals surface area contributed by atoms with Crippen molar-refractivity contribution in [3.8, 4) is 0 Å². The van der Waals surface area contributed by atoms with Crippen molar-refractivity contribution in [3.63, 3.8) is 0 Å². The van der Waals surface area contributed by atoms with E-state index in [1.54, 1.807) is 0 Å². The molecule has 8 nitrogen and oxygen atoms in total. The van der Waals surface area contributed by atoms with Crippen LogP contribution in [0.2, 0.25) is 0 Å². The second-order valence-electron chi connectivity index (χ2n) is 5.61. The highest BCUT2D eigenvalue weighted by atomic mass is 16.6. The van der Waals surface area contributed by atoms with E-state index in [1.807, 2.05) is 20.8 Å². The summed E-state index contributed by atoms with van der Waals surface area (Å²) < 4.78 is 0. The Bertz CT molecular complexity index is 452. The molecule has 3 N–H and O–H groups in total. The molecule has 0 aromatic carbocycles. The Hall–Kier alpha value is -2.12. The van der Waals surface area contributed by atoms with Crippen LogP contribution in [-0.2, 0) is 19.2 Å². The van der Waals surface area contributed by atoms with Gasteiger partial charge in [-0.2, -0.15) is 0 Å². The Morgan fingerprint density at radius 3 is 2.45 bits per heavy atom. The molecule has 1 aliphatic heterocycles. The maximum absolute atomic E-state index is 11.8. The van der Waals surface area contributed by atoms with E-state index < -0.39 is 29.6 Å². The summed E-state index contributed by atoms with van der Waals surface area (Å²) in [6, 6.07) is -0.751. The molecule has 1 heterocycles. The van der Waals surface area contributed by atoms with Gasteiger partial charge < -0.3 is 20.6 Å². The highest BCUT2D eigenvalue weighted by molar-refractivity contribution is 6.36. The van der Waals surface area contributed by atoms with Gasteiger partial charge in [-0.25, -0.2) is 4.79 Å². The normalized spacial score (nSPS) is 19.6. The number of hydrogen-bond donors (Lipinski definition) is 3. The number of carboxylic acid groups (broad SMARTS) is 1. The number of carbonyl (C=O) groups excluding carboxylic acids is 2. The first-order valence-electron chi connectivity index (χ1n) is 6.18. The van der Waals surface area contributed by atoms with Gasteiger partial charge in [0, 0.05) is 12.0 Å². The molecule has 2 unspecified atom stereocenters. The molecule has 2 amide bonds. The fourth-order valence-electron chi connectivity index (χ4n) is 1.49. The highest BCUT2D eigenvalue weighted by Crippen LogP contribution is 2.11. The van der Waals surface area contributed by atoms with Crippen LogP contribution >= 0.6 is 0 Å². The number of nitrogens with zero attached hydrogens (tertiary/aromatic N) is 1. The van der Waals surface area contributed by atoms with E-state index >= 15 is 0 Å². The molecule has 20 heavy (non-hydrogen) atoms. The van der Waals surface area contributed by atoms with E-state index in [0.717, 1.165) is 0 Å². The Morgan fingerprint density at radius 2 is 2.00 bits per heavy atom. The summed E-state index contributed by atoms with van der Waals surface area (Å²) in [5, 5.41) is 17.2. The molecule has 1 aliphatic rings. The zero-order valence-electron chi connectivity index (χ0n) is 11.9. The molecule has 0 aromatic heterocycles. The van der Waals surface area contributed by atoms with Crippen LogP contribution in [0, 0.1) is 0 Å². The minimum atomic E-state index is -1.22. The molecular weight excluding hydrogens is 266 g/mol. The largest absolute Gasteiger partial charge is 0.477 e. The number of nitrogens with one attached hydrogen (secondary N) is 2. The lowest BCUT2D eigenvalue weighted by molar-refractivity contribution is -0.135. The van der Waals surface area contributed by atoms with E-state index in [1.165, 1.54) is 6.92 Å². The van der Waals surface area contributed by atoms with E-state index in [4.69, 9.17) is 9.94 Å². The van der Waals surface area contributed by atoms with Gasteiger partial charge in [0.25, 0.3) is 5.91 Å². The monoisotopic (exact) mass is 285 g/mol. The number of carbonyl (C=O) groups is 3. The van der Waals surface area contributed by atoms with Gasteiger partial charge in [0.2, 0.25) is 12.0 Å². The SMILES string of the molecule is CC(NC(=O)C1CC(C(=O)O)=NO1)C(=O)NC(C)(C)C. The Labute approximate surface area is 116 Å². The maximum atomic E-state index is 11.8. The molecule has 0 spiro atoms. The molecule has 0 saturated carbocycles. The third-order valence-corrected chi connectivity index (χ3v) is 2.46. The van der Waals surface area contributed by atoms with Crippen molar-refractivity contribution < 1.29 is 24.3 Å². The molecule has 0 fully saturated rings. The fraction of sp³-hybridized carbons (Fsp3) is 0.667. The van der Waals surface area contributed by atoms with Crippen LogP contribution in [-0.4, -0.2) is 46.3 Å². The molecule has 0 aromatic rings. The van der Waals surface area contributed by atoms with Crippen molar-refractivity contribution in [1.29, 1.82) is 0 Å². The van der Waals surface area contributed by atoms with Gasteiger partial charge in [-0.15, -0.1) is 0 Å². The van der Waals surface area contributed by atoms with E-state index in [2.05, 4.69) is 15.8 Å². The van der Waals surface area contributed by atoms with Crippen LogP contribution in [0.25, 0.3) is 0 Å². The van der Waals surface area contributed by atoms with Crippen LogP contribution in [0.3, 0.4) is 0 Å². The molecule has 112 valence electrons. The molecule has 0 radical (unpaired) electrons. The minimum Gasteiger partial charge on any atom is -0.477 e. The van der Waals surface area contributed by atoms with Crippen molar-refractivity contribution in [2.45, 2.75) is 51.8 Å². The zero-order chi connectivity index (χ0) is 15.5. The lowest BCUT2D eigenvalue weighted by Gasteiger charge is -2.24. The predicted molar refractivity (Wildman–Crippen MR) is 70.1 cm³/mol. The van der Waals surface area contributed by atoms with Crippen molar-refractivity contribution in [3.05, 3.63) is 0 Å². The van der Waals surface area contributed by atoms with Crippen LogP contribution in [0.1, 0.15) is 34.1 Å². The minimum absolute atomic E-state index is 0.116. The summed E-state index contributed by atoms with van der Waals surface area (Å²) in [5.41, 5.74) is -0.614.